The third-order valence-electron chi connectivity index (χ3n) is 3.10. The molecule has 1 N–H and O–H groups in total. The summed E-state index contributed by atoms with van der Waals surface area (Å²) in [7, 11) is 0. The van der Waals surface area contributed by atoms with Gasteiger partial charge in [0.1, 0.15) is 6.42 Å². The highest BCUT2D eigenvalue weighted by Crippen LogP contribution is 2.29. The molecule has 0 aliphatic heterocycles. The first-order chi connectivity index (χ1) is 9.27. The Balaban J connectivity index is 2.41. The summed E-state index contributed by atoms with van der Waals surface area (Å²) in [6.45, 7) is 8.35. The SMILES string of the molecule is Cc1ccc(C(C)(C)C)cc1-c1nnc(CC(=O)O)o1. The van der Waals surface area contributed by atoms with Gasteiger partial charge in [-0.15, -0.1) is 10.2 Å². The molecule has 5 nitrogen and oxygen atoms in total. The molecule has 0 bridgehead atoms. The lowest BCUT2D eigenvalue weighted by atomic mass is 9.85. The normalized spacial score (nSPS) is 11.6. The Morgan fingerprint density at radius 2 is 2.00 bits per heavy atom. The predicted molar refractivity (Wildman–Crippen MR) is 74.5 cm³/mol. The Morgan fingerprint density at radius 3 is 2.60 bits per heavy atom. The lowest BCUT2D eigenvalue weighted by Crippen LogP contribution is -2.11. The number of carboxylic acid groups (broad SMARTS) is 1. The van der Waals surface area contributed by atoms with Gasteiger partial charge in [0.15, 0.2) is 0 Å². The number of hydrogen-bond acceptors (Lipinski definition) is 4. The molecule has 1 aromatic carbocycles. The van der Waals surface area contributed by atoms with Gasteiger partial charge in [0.05, 0.1) is 0 Å². The lowest BCUT2D eigenvalue weighted by molar-refractivity contribution is -0.136. The Hall–Kier alpha value is -2.17. The van der Waals surface area contributed by atoms with Crippen LogP contribution < -0.4 is 0 Å². The molecule has 0 radical (unpaired) electrons. The van der Waals surface area contributed by atoms with Crippen molar-refractivity contribution < 1.29 is 14.3 Å². The second kappa shape index (κ2) is 5.07. The van der Waals surface area contributed by atoms with E-state index in [0.29, 0.717) is 5.89 Å². The number of carbonyl (C=O) groups is 1. The molecule has 20 heavy (non-hydrogen) atoms. The van der Waals surface area contributed by atoms with Crippen molar-refractivity contribution in [3.63, 3.8) is 0 Å². The van der Waals surface area contributed by atoms with Crippen LogP contribution in [0.1, 0.15) is 37.8 Å². The van der Waals surface area contributed by atoms with E-state index in [2.05, 4.69) is 37.0 Å². The molecular weight excluding hydrogens is 256 g/mol. The first kappa shape index (κ1) is 14.2. The highest BCUT2D eigenvalue weighted by Gasteiger charge is 2.18. The number of aromatic nitrogens is 2. The highest BCUT2D eigenvalue weighted by atomic mass is 16.4. The van der Waals surface area contributed by atoms with Gasteiger partial charge < -0.3 is 9.52 Å². The summed E-state index contributed by atoms with van der Waals surface area (Å²) in [5.41, 5.74) is 3.05. The van der Waals surface area contributed by atoms with Crippen LogP contribution in [0.25, 0.3) is 11.5 Å². The summed E-state index contributed by atoms with van der Waals surface area (Å²) < 4.78 is 5.43. The number of benzene rings is 1. The van der Waals surface area contributed by atoms with E-state index in [-0.39, 0.29) is 17.7 Å². The quantitative estimate of drug-likeness (QED) is 0.931. The maximum absolute atomic E-state index is 10.6. The summed E-state index contributed by atoms with van der Waals surface area (Å²) in [6.07, 6.45) is -0.259. The minimum absolute atomic E-state index is 0.0202. The number of aryl methyl sites for hydroxylation is 1. The third kappa shape index (κ3) is 3.04. The van der Waals surface area contributed by atoms with Crippen LogP contribution in [0.2, 0.25) is 0 Å². The maximum atomic E-state index is 10.6. The molecule has 0 spiro atoms. The van der Waals surface area contributed by atoms with E-state index in [1.54, 1.807) is 0 Å². The van der Waals surface area contributed by atoms with Crippen LogP contribution in [-0.4, -0.2) is 21.3 Å². The fourth-order valence-electron chi connectivity index (χ4n) is 1.88. The predicted octanol–water partition coefficient (Wildman–Crippen LogP) is 2.97. The zero-order valence-electron chi connectivity index (χ0n) is 12.1. The van der Waals surface area contributed by atoms with Crippen molar-refractivity contribution in [3.8, 4) is 11.5 Å². The molecule has 0 aliphatic carbocycles. The molecule has 0 unspecified atom stereocenters. The second-order valence-electron chi connectivity index (χ2n) is 5.85. The number of rotatable bonds is 3. The standard InChI is InChI=1S/C15H18N2O3/c1-9-5-6-10(15(2,3)4)7-11(9)14-17-16-12(20-14)8-13(18)19/h5-7H,8H2,1-4H3,(H,18,19). The molecule has 0 saturated carbocycles. The summed E-state index contributed by atoms with van der Waals surface area (Å²) in [5.74, 6) is -0.502. The van der Waals surface area contributed by atoms with Gasteiger partial charge in [-0.3, -0.25) is 4.79 Å². The Labute approximate surface area is 117 Å². The van der Waals surface area contributed by atoms with Crippen molar-refractivity contribution >= 4 is 5.97 Å². The van der Waals surface area contributed by atoms with Gasteiger partial charge >= 0.3 is 5.97 Å². The molecule has 0 saturated heterocycles. The van der Waals surface area contributed by atoms with E-state index in [1.165, 1.54) is 0 Å². The summed E-state index contributed by atoms with van der Waals surface area (Å²) in [5, 5.41) is 16.4. The maximum Gasteiger partial charge on any atom is 0.312 e. The summed E-state index contributed by atoms with van der Waals surface area (Å²) >= 11 is 0. The molecule has 2 aromatic rings. The fraction of sp³-hybridized carbons (Fsp3) is 0.400. The van der Waals surface area contributed by atoms with Crippen LogP contribution in [-0.2, 0) is 16.6 Å². The molecule has 106 valence electrons. The first-order valence-electron chi connectivity index (χ1n) is 6.43. The largest absolute Gasteiger partial charge is 0.481 e. The zero-order valence-corrected chi connectivity index (χ0v) is 12.1. The van der Waals surface area contributed by atoms with Crippen molar-refractivity contribution in [2.45, 2.75) is 39.5 Å². The fourth-order valence-corrected chi connectivity index (χ4v) is 1.88. The molecule has 2 rings (SSSR count). The average Bonchev–Trinajstić information content (AvgIpc) is 2.75. The monoisotopic (exact) mass is 274 g/mol. The van der Waals surface area contributed by atoms with E-state index in [4.69, 9.17) is 9.52 Å². The molecule has 0 aliphatic rings. The minimum atomic E-state index is -0.986. The van der Waals surface area contributed by atoms with Gasteiger partial charge in [0.2, 0.25) is 11.8 Å². The Kier molecular flexibility index (Phi) is 3.61. The highest BCUT2D eigenvalue weighted by molar-refractivity contribution is 5.69. The van der Waals surface area contributed by atoms with Crippen molar-refractivity contribution in [1.82, 2.24) is 10.2 Å². The van der Waals surface area contributed by atoms with Gasteiger partial charge in [-0.25, -0.2) is 0 Å². The molecule has 1 aromatic heterocycles. The number of nitrogens with zero attached hydrogens (tertiary/aromatic N) is 2. The van der Waals surface area contributed by atoms with Crippen molar-refractivity contribution in [2.24, 2.45) is 0 Å². The van der Waals surface area contributed by atoms with Crippen molar-refractivity contribution in [1.29, 1.82) is 0 Å². The van der Waals surface area contributed by atoms with Crippen LogP contribution >= 0.6 is 0 Å². The first-order valence-corrected chi connectivity index (χ1v) is 6.43. The lowest BCUT2D eigenvalue weighted by Gasteiger charge is -2.20. The van der Waals surface area contributed by atoms with Crippen LogP contribution in [0.4, 0.5) is 0 Å². The molecule has 5 heteroatoms. The van der Waals surface area contributed by atoms with Gasteiger partial charge in [0, 0.05) is 5.56 Å². The summed E-state index contributed by atoms with van der Waals surface area (Å²) in [4.78, 5) is 10.6. The van der Waals surface area contributed by atoms with E-state index < -0.39 is 5.97 Å². The molecule has 1 heterocycles. The van der Waals surface area contributed by atoms with Gasteiger partial charge in [0.25, 0.3) is 0 Å². The van der Waals surface area contributed by atoms with E-state index in [0.717, 1.165) is 16.7 Å². The van der Waals surface area contributed by atoms with Crippen LogP contribution in [0.15, 0.2) is 22.6 Å². The average molecular weight is 274 g/mol. The Bertz CT molecular complexity index is 639. The number of carboxylic acids is 1. The van der Waals surface area contributed by atoms with Crippen LogP contribution in [0, 0.1) is 6.92 Å². The van der Waals surface area contributed by atoms with Gasteiger partial charge in [-0.2, -0.15) is 0 Å². The zero-order chi connectivity index (χ0) is 14.9. The molecule has 0 fully saturated rings. The van der Waals surface area contributed by atoms with Crippen molar-refractivity contribution in [2.75, 3.05) is 0 Å². The van der Waals surface area contributed by atoms with E-state index in [1.807, 2.05) is 19.1 Å². The summed E-state index contributed by atoms with van der Waals surface area (Å²) in [6, 6.07) is 6.11. The van der Waals surface area contributed by atoms with Gasteiger partial charge in [-0.05, 0) is 29.5 Å². The van der Waals surface area contributed by atoms with Crippen LogP contribution in [0.3, 0.4) is 0 Å². The number of aliphatic carboxylic acids is 1. The topological polar surface area (TPSA) is 76.2 Å². The molecule has 0 amide bonds. The van der Waals surface area contributed by atoms with E-state index >= 15 is 0 Å². The van der Waals surface area contributed by atoms with Crippen molar-refractivity contribution in [3.05, 3.63) is 35.2 Å². The van der Waals surface area contributed by atoms with Crippen LogP contribution in [0.5, 0.6) is 0 Å². The third-order valence-corrected chi connectivity index (χ3v) is 3.10. The minimum Gasteiger partial charge on any atom is -0.481 e. The Morgan fingerprint density at radius 1 is 1.30 bits per heavy atom. The number of hydrogen-bond donors (Lipinski definition) is 1. The second-order valence-corrected chi connectivity index (χ2v) is 5.85. The van der Waals surface area contributed by atoms with E-state index in [9.17, 15) is 4.79 Å². The molecule has 0 atom stereocenters. The molecular formula is C15H18N2O3. The van der Waals surface area contributed by atoms with Gasteiger partial charge in [-0.1, -0.05) is 32.9 Å². The smallest absolute Gasteiger partial charge is 0.312 e.